The summed E-state index contributed by atoms with van der Waals surface area (Å²) < 4.78 is 31.5. The van der Waals surface area contributed by atoms with Crippen molar-refractivity contribution in [3.05, 3.63) is 78.2 Å². The first-order valence-corrected chi connectivity index (χ1v) is 10.1. The minimum atomic E-state index is -3.80. The normalized spacial score (nSPS) is 14.2. The molecule has 3 N–H and O–H groups in total. The van der Waals surface area contributed by atoms with Crippen LogP contribution in [0.5, 0.6) is 0 Å². The van der Waals surface area contributed by atoms with E-state index in [1.165, 1.54) is 12.0 Å². The quantitative estimate of drug-likeness (QED) is 0.671. The minimum absolute atomic E-state index is 0.162. The zero-order valence-corrected chi connectivity index (χ0v) is 15.5. The fraction of sp³-hybridized carbons (Fsp3) is 0.105. The summed E-state index contributed by atoms with van der Waals surface area (Å²) in [6.07, 6.45) is 1.81. The van der Waals surface area contributed by atoms with Crippen LogP contribution in [-0.2, 0) is 14.4 Å². The topological polar surface area (TPSA) is 88.5 Å². The van der Waals surface area contributed by atoms with Crippen LogP contribution in [0.3, 0.4) is 0 Å². The Hall–Kier alpha value is -3.10. The van der Waals surface area contributed by atoms with Gasteiger partial charge in [-0.05, 0) is 29.5 Å². The Labute approximate surface area is 157 Å². The number of hydroxylamine groups is 1. The monoisotopic (exact) mass is 383 g/mol. The van der Waals surface area contributed by atoms with Gasteiger partial charge in [0, 0.05) is 5.56 Å². The molecule has 138 valence electrons. The van der Waals surface area contributed by atoms with Gasteiger partial charge in [0.15, 0.2) is 0 Å². The minimum Gasteiger partial charge on any atom is -0.362 e. The number of benzene rings is 2. The third kappa shape index (κ3) is 3.09. The fourth-order valence-corrected chi connectivity index (χ4v) is 3.43. The van der Waals surface area contributed by atoms with Crippen molar-refractivity contribution in [1.82, 2.24) is 0 Å². The smallest absolute Gasteiger partial charge is 0.346 e. The van der Waals surface area contributed by atoms with E-state index in [2.05, 4.69) is 5.43 Å². The largest absolute Gasteiger partial charge is 0.362 e. The van der Waals surface area contributed by atoms with Gasteiger partial charge in [0.1, 0.15) is 11.9 Å². The number of nitrogens with two attached hydrogens (primary N) is 1. The highest BCUT2D eigenvalue weighted by Gasteiger charge is 2.38. The standard InChI is InChI=1S/C19H19N4O3S/c1-2-27(24,25)26-23-18(20)17(15-9-4-3-5-10-15)21-22-13-12-14-8-6-7-11-16(14)19(22)23/h3-13,21H,2,20H2,1H3/q+1. The summed E-state index contributed by atoms with van der Waals surface area (Å²) in [7, 11) is -3.80. The lowest BCUT2D eigenvalue weighted by atomic mass is 10.1. The molecule has 1 aromatic heterocycles. The molecule has 2 aromatic carbocycles. The van der Waals surface area contributed by atoms with E-state index >= 15 is 0 Å². The average Bonchev–Trinajstić information content (AvgIpc) is 2.70. The molecular formula is C19H19N4O3S+. The van der Waals surface area contributed by atoms with Crippen LogP contribution in [0.4, 0.5) is 5.82 Å². The Morgan fingerprint density at radius 2 is 1.78 bits per heavy atom. The second kappa shape index (κ2) is 6.57. The van der Waals surface area contributed by atoms with Crippen molar-refractivity contribution in [3.63, 3.8) is 0 Å². The molecule has 0 radical (unpaired) electrons. The predicted molar refractivity (Wildman–Crippen MR) is 104 cm³/mol. The summed E-state index contributed by atoms with van der Waals surface area (Å²) in [6.45, 7) is 1.52. The lowest BCUT2D eigenvalue weighted by molar-refractivity contribution is -0.630. The summed E-state index contributed by atoms with van der Waals surface area (Å²) in [5, 5.41) is 2.91. The van der Waals surface area contributed by atoms with Gasteiger partial charge in [0.2, 0.25) is 0 Å². The molecule has 27 heavy (non-hydrogen) atoms. The van der Waals surface area contributed by atoms with Crippen LogP contribution in [0.2, 0.25) is 0 Å². The zero-order valence-electron chi connectivity index (χ0n) is 14.7. The number of anilines is 1. The molecule has 0 amide bonds. The molecule has 0 atom stereocenters. The third-order valence-electron chi connectivity index (χ3n) is 4.34. The number of rotatable bonds is 4. The van der Waals surface area contributed by atoms with E-state index in [9.17, 15) is 8.42 Å². The summed E-state index contributed by atoms with van der Waals surface area (Å²) in [4.78, 5) is 0. The maximum atomic E-state index is 12.2. The molecule has 4 rings (SSSR count). The number of nitrogens with one attached hydrogen (secondary N) is 1. The molecule has 0 aliphatic carbocycles. The highest BCUT2D eigenvalue weighted by atomic mass is 32.2. The molecule has 2 heterocycles. The van der Waals surface area contributed by atoms with E-state index in [4.69, 9.17) is 10.0 Å². The lowest BCUT2D eigenvalue weighted by Crippen LogP contribution is -2.55. The van der Waals surface area contributed by atoms with Crippen molar-refractivity contribution in [2.24, 2.45) is 5.73 Å². The van der Waals surface area contributed by atoms with Crippen LogP contribution in [0.15, 0.2) is 72.7 Å². The zero-order chi connectivity index (χ0) is 19.0. The number of pyridine rings is 1. The molecule has 1 aliphatic heterocycles. The Kier molecular flexibility index (Phi) is 4.21. The molecule has 3 aromatic rings. The van der Waals surface area contributed by atoms with Gasteiger partial charge in [-0.25, -0.2) is 5.43 Å². The number of aromatic nitrogens is 1. The van der Waals surface area contributed by atoms with Crippen LogP contribution in [0.1, 0.15) is 12.5 Å². The second-order valence-electron chi connectivity index (χ2n) is 6.05. The van der Waals surface area contributed by atoms with Crippen molar-refractivity contribution in [1.29, 1.82) is 0 Å². The maximum absolute atomic E-state index is 12.2. The van der Waals surface area contributed by atoms with Gasteiger partial charge in [0.25, 0.3) is 5.82 Å². The molecule has 0 saturated heterocycles. The van der Waals surface area contributed by atoms with E-state index in [1.807, 2.05) is 66.9 Å². The first kappa shape index (κ1) is 17.3. The van der Waals surface area contributed by atoms with Gasteiger partial charge in [-0.15, -0.1) is 4.68 Å². The summed E-state index contributed by atoms with van der Waals surface area (Å²) in [6, 6.07) is 19.0. The predicted octanol–water partition coefficient (Wildman–Crippen LogP) is 2.06. The van der Waals surface area contributed by atoms with Gasteiger partial charge in [-0.3, -0.25) is 0 Å². The van der Waals surface area contributed by atoms with Crippen LogP contribution in [0, 0.1) is 0 Å². The highest BCUT2D eigenvalue weighted by Crippen LogP contribution is 2.30. The molecule has 0 unspecified atom stereocenters. The molecule has 0 fully saturated rings. The van der Waals surface area contributed by atoms with Crippen LogP contribution >= 0.6 is 0 Å². The van der Waals surface area contributed by atoms with Crippen molar-refractivity contribution in [3.8, 4) is 0 Å². The van der Waals surface area contributed by atoms with Gasteiger partial charge < -0.3 is 5.73 Å². The molecule has 0 spiro atoms. The van der Waals surface area contributed by atoms with Crippen LogP contribution in [-0.4, -0.2) is 14.2 Å². The Balaban J connectivity index is 1.96. The molecule has 8 heteroatoms. The maximum Gasteiger partial charge on any atom is 0.346 e. The van der Waals surface area contributed by atoms with E-state index in [0.29, 0.717) is 11.5 Å². The number of nitrogens with zero attached hydrogens (tertiary/aromatic N) is 2. The van der Waals surface area contributed by atoms with Crippen molar-refractivity contribution in [2.45, 2.75) is 6.92 Å². The highest BCUT2D eigenvalue weighted by molar-refractivity contribution is 7.86. The number of fused-ring (bicyclic) bond motifs is 3. The van der Waals surface area contributed by atoms with Crippen LogP contribution < -0.4 is 20.9 Å². The van der Waals surface area contributed by atoms with Crippen LogP contribution in [0.25, 0.3) is 16.5 Å². The van der Waals surface area contributed by atoms with E-state index in [-0.39, 0.29) is 11.6 Å². The van der Waals surface area contributed by atoms with Crippen molar-refractivity contribution < 1.29 is 17.4 Å². The summed E-state index contributed by atoms with van der Waals surface area (Å²) in [5.74, 6) is 0.479. The third-order valence-corrected chi connectivity index (χ3v) is 5.42. The summed E-state index contributed by atoms with van der Waals surface area (Å²) >= 11 is 0. The molecule has 7 nitrogen and oxygen atoms in total. The van der Waals surface area contributed by atoms with E-state index in [0.717, 1.165) is 16.3 Å². The first-order chi connectivity index (χ1) is 13.0. The van der Waals surface area contributed by atoms with E-state index in [1.54, 1.807) is 4.68 Å². The fourth-order valence-electron chi connectivity index (χ4n) is 2.95. The van der Waals surface area contributed by atoms with E-state index < -0.39 is 10.1 Å². The molecule has 1 aliphatic rings. The second-order valence-corrected chi connectivity index (χ2v) is 7.89. The van der Waals surface area contributed by atoms with Gasteiger partial charge in [-0.2, -0.15) is 8.42 Å². The average molecular weight is 383 g/mol. The van der Waals surface area contributed by atoms with Crippen molar-refractivity contribution >= 4 is 32.4 Å². The Morgan fingerprint density at radius 3 is 2.52 bits per heavy atom. The van der Waals surface area contributed by atoms with Gasteiger partial charge in [0.05, 0.1) is 11.1 Å². The van der Waals surface area contributed by atoms with Gasteiger partial charge in [-0.1, -0.05) is 52.8 Å². The summed E-state index contributed by atoms with van der Waals surface area (Å²) in [5.41, 5.74) is 11.0. The Bertz CT molecular complexity index is 1140. The van der Waals surface area contributed by atoms with Gasteiger partial charge >= 0.3 is 15.9 Å². The molecular weight excluding hydrogens is 364 g/mol. The molecule has 0 saturated carbocycles. The Morgan fingerprint density at radius 1 is 1.07 bits per heavy atom. The number of hydrogen-bond donors (Lipinski definition) is 2. The molecule has 0 bridgehead atoms. The SMILES string of the molecule is CCS(=O)(=O)ON1C(N)=C(c2ccccc2)N[n+]2ccc3ccccc3c21. The first-order valence-electron chi connectivity index (χ1n) is 8.48. The lowest BCUT2D eigenvalue weighted by Gasteiger charge is -2.25. The number of hydrogen-bond acceptors (Lipinski definition) is 6. The van der Waals surface area contributed by atoms with Crippen molar-refractivity contribution in [2.75, 3.05) is 16.2 Å².